The highest BCUT2D eigenvalue weighted by molar-refractivity contribution is 14.1. The monoisotopic (exact) mass is 347 g/mol. The number of carbonyl (C=O) groups excluding carboxylic acids is 1. The van der Waals surface area contributed by atoms with Gasteiger partial charge in [0, 0.05) is 16.4 Å². The van der Waals surface area contributed by atoms with E-state index in [0.717, 1.165) is 9.26 Å². The van der Waals surface area contributed by atoms with Gasteiger partial charge in [-0.05, 0) is 40.6 Å². The van der Waals surface area contributed by atoms with Crippen molar-refractivity contribution in [3.8, 4) is 0 Å². The Labute approximate surface area is 114 Å². The number of rotatable bonds is 5. The first-order valence-electron chi connectivity index (χ1n) is 5.25. The molecule has 0 radical (unpaired) electrons. The molecule has 4 nitrogen and oxygen atoms in total. The molecule has 17 heavy (non-hydrogen) atoms. The van der Waals surface area contributed by atoms with Crippen LogP contribution in [0.15, 0.2) is 24.3 Å². The second-order valence-electron chi connectivity index (χ2n) is 3.94. The predicted octanol–water partition coefficient (Wildman–Crippen LogP) is 2.73. The van der Waals surface area contributed by atoms with Crippen LogP contribution in [0.3, 0.4) is 0 Å². The average Bonchev–Trinajstić information content (AvgIpc) is 2.19. The summed E-state index contributed by atoms with van der Waals surface area (Å²) in [6, 6.07) is 7.46. The van der Waals surface area contributed by atoms with Gasteiger partial charge in [0.2, 0.25) is 5.91 Å². The highest BCUT2D eigenvalue weighted by Crippen LogP contribution is 2.18. The van der Waals surface area contributed by atoms with E-state index in [4.69, 9.17) is 5.11 Å². The number of halogens is 1. The number of amides is 1. The minimum atomic E-state index is -0.875. The number of para-hydroxylation sites is 1. The fraction of sp³-hybridized carbons (Fsp3) is 0.333. The molecule has 0 saturated heterocycles. The van der Waals surface area contributed by atoms with E-state index in [1.54, 1.807) is 6.92 Å². The van der Waals surface area contributed by atoms with Crippen molar-refractivity contribution in [2.45, 2.75) is 19.8 Å². The molecule has 0 aromatic heterocycles. The highest BCUT2D eigenvalue weighted by Gasteiger charge is 2.13. The van der Waals surface area contributed by atoms with Crippen molar-refractivity contribution in [1.82, 2.24) is 0 Å². The largest absolute Gasteiger partial charge is 0.481 e. The summed E-state index contributed by atoms with van der Waals surface area (Å²) in [6.07, 6.45) is 0.233. The van der Waals surface area contributed by atoms with Crippen LogP contribution in [0.25, 0.3) is 0 Å². The molecule has 0 aliphatic rings. The quantitative estimate of drug-likeness (QED) is 0.805. The lowest BCUT2D eigenvalue weighted by atomic mass is 10.0. The summed E-state index contributed by atoms with van der Waals surface area (Å²) in [4.78, 5) is 22.1. The van der Waals surface area contributed by atoms with Gasteiger partial charge >= 0.3 is 5.97 Å². The molecular weight excluding hydrogens is 333 g/mol. The first kappa shape index (κ1) is 14.0. The fourth-order valence-corrected chi connectivity index (χ4v) is 1.97. The van der Waals surface area contributed by atoms with E-state index in [1.807, 2.05) is 24.3 Å². The van der Waals surface area contributed by atoms with Crippen molar-refractivity contribution in [2.24, 2.45) is 5.92 Å². The Morgan fingerprint density at radius 1 is 1.35 bits per heavy atom. The second-order valence-corrected chi connectivity index (χ2v) is 5.10. The highest BCUT2D eigenvalue weighted by atomic mass is 127. The van der Waals surface area contributed by atoms with Crippen molar-refractivity contribution in [3.63, 3.8) is 0 Å². The van der Waals surface area contributed by atoms with Gasteiger partial charge in [-0.2, -0.15) is 0 Å². The van der Waals surface area contributed by atoms with E-state index in [1.165, 1.54) is 0 Å². The molecule has 1 atom stereocenters. The molecule has 1 aromatic carbocycles. The average molecular weight is 347 g/mol. The van der Waals surface area contributed by atoms with Gasteiger partial charge in [-0.1, -0.05) is 19.1 Å². The number of carboxylic acids is 1. The predicted molar refractivity (Wildman–Crippen MR) is 73.8 cm³/mol. The Kier molecular flexibility index (Phi) is 5.40. The smallest absolute Gasteiger partial charge is 0.303 e. The summed E-state index contributed by atoms with van der Waals surface area (Å²) in [6.45, 7) is 1.75. The Morgan fingerprint density at radius 2 is 2.00 bits per heavy atom. The number of nitrogens with one attached hydrogen (secondary N) is 1. The van der Waals surface area contributed by atoms with E-state index in [2.05, 4.69) is 27.9 Å². The normalized spacial score (nSPS) is 11.9. The van der Waals surface area contributed by atoms with Crippen molar-refractivity contribution >= 4 is 40.2 Å². The van der Waals surface area contributed by atoms with Crippen molar-refractivity contribution in [1.29, 1.82) is 0 Å². The number of hydrogen-bond acceptors (Lipinski definition) is 2. The van der Waals surface area contributed by atoms with E-state index < -0.39 is 5.97 Å². The summed E-state index contributed by atoms with van der Waals surface area (Å²) >= 11 is 2.14. The Morgan fingerprint density at radius 3 is 2.59 bits per heavy atom. The number of anilines is 1. The van der Waals surface area contributed by atoms with Gasteiger partial charge in [0.05, 0.1) is 5.69 Å². The van der Waals surface area contributed by atoms with Gasteiger partial charge in [0.25, 0.3) is 0 Å². The molecule has 0 saturated carbocycles. The van der Waals surface area contributed by atoms with E-state index in [-0.39, 0.29) is 24.7 Å². The number of carboxylic acid groups (broad SMARTS) is 1. The van der Waals surface area contributed by atoms with Crippen molar-refractivity contribution in [2.75, 3.05) is 5.32 Å². The van der Waals surface area contributed by atoms with Crippen LogP contribution in [0.5, 0.6) is 0 Å². The van der Waals surface area contributed by atoms with Crippen LogP contribution in [0.1, 0.15) is 19.8 Å². The third-order valence-corrected chi connectivity index (χ3v) is 3.15. The lowest BCUT2D eigenvalue weighted by Crippen LogP contribution is -2.17. The van der Waals surface area contributed by atoms with Crippen molar-refractivity contribution in [3.05, 3.63) is 27.8 Å². The zero-order chi connectivity index (χ0) is 12.8. The summed E-state index contributed by atoms with van der Waals surface area (Å²) in [5.74, 6) is -1.18. The molecule has 1 rings (SSSR count). The van der Waals surface area contributed by atoms with E-state index >= 15 is 0 Å². The third-order valence-electron chi connectivity index (χ3n) is 2.20. The molecule has 0 aliphatic heterocycles. The summed E-state index contributed by atoms with van der Waals surface area (Å²) < 4.78 is 0.962. The van der Waals surface area contributed by atoms with Gasteiger partial charge in [-0.15, -0.1) is 0 Å². The minimum absolute atomic E-state index is 0.0132. The molecule has 1 aromatic rings. The maximum atomic E-state index is 11.6. The summed E-state index contributed by atoms with van der Waals surface area (Å²) in [5.41, 5.74) is 0.764. The van der Waals surface area contributed by atoms with Crippen LogP contribution in [0.2, 0.25) is 0 Å². The summed E-state index contributed by atoms with van der Waals surface area (Å²) in [7, 11) is 0. The van der Waals surface area contributed by atoms with Crippen LogP contribution in [-0.4, -0.2) is 17.0 Å². The maximum Gasteiger partial charge on any atom is 0.303 e. The molecule has 0 spiro atoms. The van der Waals surface area contributed by atoms with Crippen molar-refractivity contribution < 1.29 is 14.7 Å². The molecule has 0 heterocycles. The van der Waals surface area contributed by atoms with Crippen LogP contribution < -0.4 is 5.32 Å². The topological polar surface area (TPSA) is 66.4 Å². The molecular formula is C12H14INO3. The minimum Gasteiger partial charge on any atom is -0.481 e. The third kappa shape index (κ3) is 5.16. The second kappa shape index (κ2) is 6.58. The van der Waals surface area contributed by atoms with Gasteiger partial charge in [-0.3, -0.25) is 9.59 Å². The standard InChI is InChI=1S/C12H14INO3/c1-8(7-12(16)17)6-11(15)14-10-5-3-2-4-9(10)13/h2-5,8H,6-7H2,1H3,(H,14,15)(H,16,17). The first-order valence-corrected chi connectivity index (χ1v) is 6.33. The molecule has 5 heteroatoms. The lowest BCUT2D eigenvalue weighted by molar-refractivity contribution is -0.138. The lowest BCUT2D eigenvalue weighted by Gasteiger charge is -2.10. The van der Waals surface area contributed by atoms with Crippen LogP contribution >= 0.6 is 22.6 Å². The van der Waals surface area contributed by atoms with Gasteiger partial charge < -0.3 is 10.4 Å². The number of benzene rings is 1. The van der Waals surface area contributed by atoms with Crippen LogP contribution in [0.4, 0.5) is 5.69 Å². The van der Waals surface area contributed by atoms with Gasteiger partial charge in [0.15, 0.2) is 0 Å². The van der Waals surface area contributed by atoms with Crippen LogP contribution in [0, 0.1) is 9.49 Å². The SMILES string of the molecule is CC(CC(=O)O)CC(=O)Nc1ccccc1I. The fourth-order valence-electron chi connectivity index (χ4n) is 1.45. The molecule has 92 valence electrons. The van der Waals surface area contributed by atoms with Gasteiger partial charge in [-0.25, -0.2) is 0 Å². The number of aliphatic carboxylic acids is 1. The Bertz CT molecular complexity index is 420. The molecule has 0 fully saturated rings. The van der Waals surface area contributed by atoms with Crippen LogP contribution in [-0.2, 0) is 9.59 Å². The zero-order valence-electron chi connectivity index (χ0n) is 9.44. The molecule has 1 unspecified atom stereocenters. The Hall–Kier alpha value is -1.11. The maximum absolute atomic E-state index is 11.6. The Balaban J connectivity index is 2.50. The van der Waals surface area contributed by atoms with E-state index in [9.17, 15) is 9.59 Å². The molecule has 0 aliphatic carbocycles. The van der Waals surface area contributed by atoms with E-state index in [0.29, 0.717) is 0 Å². The number of hydrogen-bond donors (Lipinski definition) is 2. The zero-order valence-corrected chi connectivity index (χ0v) is 11.6. The molecule has 2 N–H and O–H groups in total. The summed E-state index contributed by atoms with van der Waals surface area (Å²) in [5, 5.41) is 11.4. The van der Waals surface area contributed by atoms with Gasteiger partial charge in [0.1, 0.15) is 0 Å². The molecule has 0 bridgehead atoms. The first-order chi connectivity index (χ1) is 7.99. The number of carbonyl (C=O) groups is 2. The molecule has 1 amide bonds.